The minimum Gasteiger partial charge on any atom is -0.444 e. The van der Waals surface area contributed by atoms with Gasteiger partial charge in [-0.2, -0.15) is 28.6 Å². The van der Waals surface area contributed by atoms with Crippen molar-refractivity contribution in [2.45, 2.75) is 64.4 Å². The first-order chi connectivity index (χ1) is 18.3. The third-order valence-electron chi connectivity index (χ3n) is 7.16. The number of pyridine rings is 1. The molecular weight excluding hydrogens is 513 g/mol. The predicted octanol–water partition coefficient (Wildman–Crippen LogP) is 4.62. The molecular formula is C26H29F3N8O2. The zero-order valence-corrected chi connectivity index (χ0v) is 21.9. The second kappa shape index (κ2) is 9.29. The van der Waals surface area contributed by atoms with Crippen LogP contribution in [0.25, 0.3) is 11.3 Å². The number of nitriles is 1. The number of anilines is 1. The zero-order valence-electron chi connectivity index (χ0n) is 21.9. The first kappa shape index (κ1) is 26.5. The lowest BCUT2D eigenvalue weighted by molar-refractivity contribution is -0.141. The maximum atomic E-state index is 13.0. The van der Waals surface area contributed by atoms with Crippen LogP contribution in [-0.4, -0.2) is 54.2 Å². The normalized spacial score (nSPS) is 21.2. The molecule has 39 heavy (non-hydrogen) atoms. The highest BCUT2D eigenvalue weighted by atomic mass is 19.4. The molecule has 206 valence electrons. The summed E-state index contributed by atoms with van der Waals surface area (Å²) in [6.07, 6.45) is 0.646. The molecule has 3 aromatic rings. The van der Waals surface area contributed by atoms with E-state index < -0.39 is 17.5 Å². The number of halogens is 3. The number of aromatic nitrogens is 5. The third kappa shape index (κ3) is 5.28. The van der Waals surface area contributed by atoms with Crippen molar-refractivity contribution in [3.8, 4) is 17.3 Å². The Bertz CT molecular complexity index is 1440. The average molecular weight is 543 g/mol. The van der Waals surface area contributed by atoms with Gasteiger partial charge in [0, 0.05) is 24.8 Å². The average Bonchev–Trinajstić information content (AvgIpc) is 3.54. The Morgan fingerprint density at radius 2 is 2.03 bits per heavy atom. The molecule has 5 rings (SSSR count). The molecule has 10 nitrogen and oxygen atoms in total. The number of carbonyl (C=O) groups excluding carboxylic acids is 1. The van der Waals surface area contributed by atoms with E-state index in [1.807, 2.05) is 20.8 Å². The van der Waals surface area contributed by atoms with Gasteiger partial charge < -0.3 is 15.4 Å². The molecule has 1 aliphatic carbocycles. The van der Waals surface area contributed by atoms with Crippen molar-refractivity contribution in [2.75, 3.05) is 18.8 Å². The number of nitrogen functional groups attached to an aromatic ring is 1. The number of alkyl halides is 3. The molecule has 2 N–H and O–H groups in total. The maximum Gasteiger partial charge on any atom is 0.433 e. The van der Waals surface area contributed by atoms with Gasteiger partial charge in [-0.15, -0.1) is 0 Å². The largest absolute Gasteiger partial charge is 0.444 e. The summed E-state index contributed by atoms with van der Waals surface area (Å²) in [5, 5.41) is 18.7. The van der Waals surface area contributed by atoms with Crippen LogP contribution in [0, 0.1) is 16.7 Å². The van der Waals surface area contributed by atoms with Crippen LogP contribution < -0.4 is 5.73 Å². The van der Waals surface area contributed by atoms with Gasteiger partial charge in [0.1, 0.15) is 34.4 Å². The van der Waals surface area contributed by atoms with E-state index in [1.165, 1.54) is 23.0 Å². The molecule has 13 heteroatoms. The molecule has 0 radical (unpaired) electrons. The first-order valence-electron chi connectivity index (χ1n) is 12.6. The molecule has 1 amide bonds. The van der Waals surface area contributed by atoms with E-state index in [0.717, 1.165) is 25.3 Å². The number of ether oxygens (including phenoxy) is 1. The van der Waals surface area contributed by atoms with Crippen molar-refractivity contribution in [1.82, 2.24) is 29.4 Å². The third-order valence-corrected chi connectivity index (χ3v) is 7.16. The Morgan fingerprint density at radius 1 is 1.28 bits per heavy atom. The SMILES string of the molecule is CC(C)(C)OC(=O)N1CC[C@]2(C1)C[C@H](n1nc(-c3cnn(Cc4cccc(C(F)(F)F)n4)c3)c(C#N)c1N)C2. The van der Waals surface area contributed by atoms with Crippen molar-refractivity contribution in [3.05, 3.63) is 47.5 Å². The summed E-state index contributed by atoms with van der Waals surface area (Å²) in [5.41, 5.74) is 6.07. The number of rotatable bonds is 4. The number of nitrogens with zero attached hydrogens (tertiary/aromatic N) is 7. The lowest BCUT2D eigenvalue weighted by Crippen LogP contribution is -2.43. The fourth-order valence-electron chi connectivity index (χ4n) is 5.37. The summed E-state index contributed by atoms with van der Waals surface area (Å²) >= 11 is 0. The van der Waals surface area contributed by atoms with Crippen LogP contribution in [-0.2, 0) is 17.5 Å². The Balaban J connectivity index is 1.29. The smallest absolute Gasteiger partial charge is 0.433 e. The Labute approximate surface area is 223 Å². The van der Waals surface area contributed by atoms with Crippen molar-refractivity contribution in [2.24, 2.45) is 5.41 Å². The van der Waals surface area contributed by atoms with Crippen LogP contribution >= 0.6 is 0 Å². The van der Waals surface area contributed by atoms with E-state index in [9.17, 15) is 23.2 Å². The lowest BCUT2D eigenvalue weighted by atomic mass is 9.65. The van der Waals surface area contributed by atoms with E-state index in [2.05, 4.69) is 21.3 Å². The number of hydrogen-bond acceptors (Lipinski definition) is 7. The van der Waals surface area contributed by atoms with Gasteiger partial charge in [0.2, 0.25) is 0 Å². The van der Waals surface area contributed by atoms with E-state index in [1.54, 1.807) is 15.8 Å². The van der Waals surface area contributed by atoms with Crippen LogP contribution in [0.15, 0.2) is 30.6 Å². The van der Waals surface area contributed by atoms with Crippen molar-refractivity contribution < 1.29 is 22.7 Å². The number of likely N-dealkylation sites (tertiary alicyclic amines) is 1. The molecule has 0 bridgehead atoms. The van der Waals surface area contributed by atoms with Gasteiger partial charge in [-0.05, 0) is 57.6 Å². The van der Waals surface area contributed by atoms with Gasteiger partial charge >= 0.3 is 12.3 Å². The summed E-state index contributed by atoms with van der Waals surface area (Å²) in [4.78, 5) is 17.9. The Kier molecular flexibility index (Phi) is 6.32. The fourth-order valence-corrected chi connectivity index (χ4v) is 5.37. The van der Waals surface area contributed by atoms with E-state index in [4.69, 9.17) is 10.5 Å². The molecule has 0 atom stereocenters. The fraction of sp³-hybridized carbons (Fsp3) is 0.500. The van der Waals surface area contributed by atoms with Crippen molar-refractivity contribution >= 4 is 11.9 Å². The molecule has 1 spiro atoms. The molecule has 1 saturated carbocycles. The van der Waals surface area contributed by atoms with Gasteiger partial charge in [0.15, 0.2) is 0 Å². The van der Waals surface area contributed by atoms with Crippen molar-refractivity contribution in [1.29, 1.82) is 5.26 Å². The van der Waals surface area contributed by atoms with Gasteiger partial charge in [0.05, 0.1) is 24.5 Å². The van der Waals surface area contributed by atoms with Crippen LogP contribution in [0.2, 0.25) is 0 Å². The van der Waals surface area contributed by atoms with Gasteiger partial charge in [-0.25, -0.2) is 14.5 Å². The Hall–Kier alpha value is -4.08. The van der Waals surface area contributed by atoms with Crippen molar-refractivity contribution in [3.63, 3.8) is 0 Å². The summed E-state index contributed by atoms with van der Waals surface area (Å²) in [5.74, 6) is 0.252. The minimum absolute atomic E-state index is 0.0152. The second-order valence-electron chi connectivity index (χ2n) is 11.3. The maximum absolute atomic E-state index is 13.0. The standard InChI is InChI=1S/C26H29F3N8O2/c1-24(2,3)39-23(38)35-8-7-25(15-35)9-18(10-25)37-22(31)19(11-30)21(34-37)16-12-32-36(13-16)14-17-5-4-6-20(33-17)26(27,28)29/h4-6,12-13,18H,7-10,14-15,31H2,1-3H3/t18-,25-. The minimum atomic E-state index is -4.54. The summed E-state index contributed by atoms with van der Waals surface area (Å²) in [6, 6.07) is 5.81. The monoisotopic (exact) mass is 542 g/mol. The quantitative estimate of drug-likeness (QED) is 0.509. The highest BCUT2D eigenvalue weighted by molar-refractivity contribution is 5.72. The molecule has 0 unspecified atom stereocenters. The van der Waals surface area contributed by atoms with Crippen LogP contribution in [0.4, 0.5) is 23.8 Å². The lowest BCUT2D eigenvalue weighted by Gasteiger charge is -2.45. The number of nitrogens with two attached hydrogens (primary N) is 1. The topological polar surface area (TPSA) is 128 Å². The molecule has 1 saturated heterocycles. The van der Waals surface area contributed by atoms with E-state index in [-0.39, 0.29) is 41.2 Å². The van der Waals surface area contributed by atoms with Crippen LogP contribution in [0.5, 0.6) is 0 Å². The first-order valence-corrected chi connectivity index (χ1v) is 12.6. The predicted molar refractivity (Wildman–Crippen MR) is 134 cm³/mol. The molecule has 4 heterocycles. The van der Waals surface area contributed by atoms with E-state index in [0.29, 0.717) is 24.3 Å². The van der Waals surface area contributed by atoms with E-state index >= 15 is 0 Å². The zero-order chi connectivity index (χ0) is 28.2. The summed E-state index contributed by atoms with van der Waals surface area (Å²) in [7, 11) is 0. The molecule has 0 aromatic carbocycles. The number of amides is 1. The van der Waals surface area contributed by atoms with Crippen LogP contribution in [0.1, 0.15) is 63.0 Å². The second-order valence-corrected chi connectivity index (χ2v) is 11.3. The van der Waals surface area contributed by atoms with Crippen LogP contribution in [0.3, 0.4) is 0 Å². The molecule has 2 fully saturated rings. The molecule has 1 aliphatic heterocycles. The van der Waals surface area contributed by atoms with Gasteiger partial charge in [0.25, 0.3) is 0 Å². The molecule has 3 aromatic heterocycles. The highest BCUT2D eigenvalue weighted by Gasteiger charge is 2.51. The Morgan fingerprint density at radius 3 is 2.69 bits per heavy atom. The van der Waals surface area contributed by atoms with Gasteiger partial charge in [-0.1, -0.05) is 6.07 Å². The van der Waals surface area contributed by atoms with Gasteiger partial charge in [-0.3, -0.25) is 4.68 Å². The number of hydrogen-bond donors (Lipinski definition) is 1. The molecule has 2 aliphatic rings. The summed E-state index contributed by atoms with van der Waals surface area (Å²) in [6.45, 7) is 6.77. The summed E-state index contributed by atoms with van der Waals surface area (Å²) < 4.78 is 47.6. The number of carbonyl (C=O) groups is 1. The highest BCUT2D eigenvalue weighted by Crippen LogP contribution is 2.55.